The van der Waals surface area contributed by atoms with Gasteiger partial charge in [0.15, 0.2) is 5.96 Å². The normalized spacial score (nSPS) is 25.8. The number of rotatable bonds is 2. The third kappa shape index (κ3) is 1.80. The molecular formula is C9H15N5O. The van der Waals surface area contributed by atoms with E-state index in [2.05, 4.69) is 5.10 Å². The molecule has 0 spiro atoms. The van der Waals surface area contributed by atoms with Gasteiger partial charge in [-0.2, -0.15) is 5.10 Å². The van der Waals surface area contributed by atoms with Crippen molar-refractivity contribution in [2.24, 2.45) is 5.73 Å². The van der Waals surface area contributed by atoms with E-state index in [0.29, 0.717) is 13.1 Å². The van der Waals surface area contributed by atoms with Gasteiger partial charge in [-0.05, 0) is 6.07 Å². The predicted molar refractivity (Wildman–Crippen MR) is 55.5 cm³/mol. The average molecular weight is 209 g/mol. The highest BCUT2D eigenvalue weighted by Crippen LogP contribution is 2.22. The lowest BCUT2D eigenvalue weighted by Crippen LogP contribution is -2.35. The number of hydrogen-bond donors (Lipinski definition) is 2. The molecule has 1 aliphatic rings. The van der Waals surface area contributed by atoms with E-state index in [1.807, 2.05) is 16.9 Å². The van der Waals surface area contributed by atoms with Gasteiger partial charge in [0.2, 0.25) is 0 Å². The quantitative estimate of drug-likeness (QED) is 0.515. The molecule has 3 N–H and O–H groups in total. The Kier molecular flexibility index (Phi) is 2.59. The Morgan fingerprint density at radius 2 is 2.40 bits per heavy atom. The minimum atomic E-state index is 0.0359. The standard InChI is InChI=1S/C9H15N5O/c1-15-8-6-13(9(10)11)5-7(8)14-4-2-3-12-14/h2-4,7-8H,5-6H2,1H3,(H3,10,11)/t7-,8+/m0/s1. The number of hydrogen-bond acceptors (Lipinski definition) is 3. The van der Waals surface area contributed by atoms with Gasteiger partial charge < -0.3 is 15.4 Å². The molecular weight excluding hydrogens is 194 g/mol. The van der Waals surface area contributed by atoms with Crippen LogP contribution < -0.4 is 5.73 Å². The van der Waals surface area contributed by atoms with Crippen LogP contribution >= 0.6 is 0 Å². The van der Waals surface area contributed by atoms with Crippen molar-refractivity contribution in [2.45, 2.75) is 12.1 Å². The Bertz CT molecular complexity index is 336. The number of nitrogens with two attached hydrogens (primary N) is 1. The summed E-state index contributed by atoms with van der Waals surface area (Å²) in [6, 6.07) is 2.01. The molecule has 82 valence electrons. The van der Waals surface area contributed by atoms with Gasteiger partial charge in [0.05, 0.1) is 12.1 Å². The molecule has 6 heteroatoms. The number of aromatic nitrogens is 2. The first-order chi connectivity index (χ1) is 7.22. The molecule has 1 aliphatic heterocycles. The second-order valence-electron chi connectivity index (χ2n) is 3.62. The first kappa shape index (κ1) is 9.97. The molecule has 0 saturated carbocycles. The van der Waals surface area contributed by atoms with Crippen LogP contribution in [0.2, 0.25) is 0 Å². The summed E-state index contributed by atoms with van der Waals surface area (Å²) in [5.41, 5.74) is 5.45. The third-order valence-electron chi connectivity index (χ3n) is 2.75. The van der Waals surface area contributed by atoms with Crippen molar-refractivity contribution in [3.05, 3.63) is 18.5 Å². The van der Waals surface area contributed by atoms with Crippen molar-refractivity contribution in [1.82, 2.24) is 14.7 Å². The Hall–Kier alpha value is -1.56. The smallest absolute Gasteiger partial charge is 0.188 e. The van der Waals surface area contributed by atoms with E-state index in [1.165, 1.54) is 0 Å². The molecule has 0 radical (unpaired) electrons. The topological polar surface area (TPSA) is 80.2 Å². The molecule has 0 bridgehead atoms. The summed E-state index contributed by atoms with van der Waals surface area (Å²) in [7, 11) is 1.67. The van der Waals surface area contributed by atoms with Crippen LogP contribution in [-0.4, -0.2) is 46.9 Å². The van der Waals surface area contributed by atoms with Crippen LogP contribution in [0, 0.1) is 5.41 Å². The van der Waals surface area contributed by atoms with Gasteiger partial charge in [-0.1, -0.05) is 0 Å². The fraction of sp³-hybridized carbons (Fsp3) is 0.556. The van der Waals surface area contributed by atoms with E-state index >= 15 is 0 Å². The minimum absolute atomic E-state index is 0.0359. The molecule has 15 heavy (non-hydrogen) atoms. The summed E-state index contributed by atoms with van der Waals surface area (Å²) in [5.74, 6) is 0.0895. The molecule has 1 aromatic rings. The van der Waals surface area contributed by atoms with E-state index in [1.54, 1.807) is 18.2 Å². The maximum atomic E-state index is 7.39. The van der Waals surface area contributed by atoms with Crippen molar-refractivity contribution in [3.8, 4) is 0 Å². The van der Waals surface area contributed by atoms with E-state index in [0.717, 1.165) is 0 Å². The molecule has 1 fully saturated rings. The number of methoxy groups -OCH3 is 1. The fourth-order valence-corrected chi connectivity index (χ4v) is 1.92. The molecule has 1 aromatic heterocycles. The Morgan fingerprint density at radius 3 is 2.93 bits per heavy atom. The lowest BCUT2D eigenvalue weighted by Gasteiger charge is -2.16. The Labute approximate surface area is 88.1 Å². The van der Waals surface area contributed by atoms with Crippen molar-refractivity contribution >= 4 is 5.96 Å². The zero-order valence-electron chi connectivity index (χ0n) is 8.63. The van der Waals surface area contributed by atoms with Crippen LogP contribution in [0.25, 0.3) is 0 Å². The van der Waals surface area contributed by atoms with Gasteiger partial charge in [-0.25, -0.2) is 0 Å². The van der Waals surface area contributed by atoms with Crippen molar-refractivity contribution < 1.29 is 4.74 Å². The first-order valence-corrected chi connectivity index (χ1v) is 4.83. The van der Waals surface area contributed by atoms with Gasteiger partial charge in [0.25, 0.3) is 0 Å². The van der Waals surface area contributed by atoms with Gasteiger partial charge in [0.1, 0.15) is 0 Å². The molecule has 0 unspecified atom stereocenters. The number of ether oxygens (including phenoxy) is 1. The summed E-state index contributed by atoms with van der Waals surface area (Å²) in [4.78, 5) is 1.79. The summed E-state index contributed by atoms with van der Waals surface area (Å²) >= 11 is 0. The van der Waals surface area contributed by atoms with E-state index in [9.17, 15) is 0 Å². The molecule has 0 aliphatic carbocycles. The van der Waals surface area contributed by atoms with Gasteiger partial charge in [0, 0.05) is 32.6 Å². The lowest BCUT2D eigenvalue weighted by atomic mass is 10.2. The Balaban J connectivity index is 2.15. The van der Waals surface area contributed by atoms with Crippen LogP contribution in [0.5, 0.6) is 0 Å². The maximum absolute atomic E-state index is 7.39. The third-order valence-corrected chi connectivity index (χ3v) is 2.75. The number of nitrogens with zero attached hydrogens (tertiary/aromatic N) is 3. The second kappa shape index (κ2) is 3.90. The minimum Gasteiger partial charge on any atom is -0.377 e. The molecule has 0 aromatic carbocycles. The number of guanidine groups is 1. The van der Waals surface area contributed by atoms with E-state index in [4.69, 9.17) is 15.9 Å². The zero-order valence-corrected chi connectivity index (χ0v) is 8.63. The van der Waals surface area contributed by atoms with Gasteiger partial charge in [-0.3, -0.25) is 10.1 Å². The predicted octanol–water partition coefficient (Wildman–Crippen LogP) is -0.352. The van der Waals surface area contributed by atoms with Gasteiger partial charge >= 0.3 is 0 Å². The number of likely N-dealkylation sites (tertiary alicyclic amines) is 1. The average Bonchev–Trinajstić information content (AvgIpc) is 2.86. The first-order valence-electron chi connectivity index (χ1n) is 4.83. The van der Waals surface area contributed by atoms with E-state index in [-0.39, 0.29) is 18.1 Å². The lowest BCUT2D eigenvalue weighted by molar-refractivity contribution is 0.0804. The summed E-state index contributed by atoms with van der Waals surface area (Å²) < 4.78 is 7.23. The molecule has 2 heterocycles. The zero-order chi connectivity index (χ0) is 10.8. The van der Waals surface area contributed by atoms with Crippen LogP contribution in [0.1, 0.15) is 6.04 Å². The summed E-state index contributed by atoms with van der Waals surface area (Å²) in [5, 5.41) is 11.6. The largest absolute Gasteiger partial charge is 0.377 e. The molecule has 2 atom stereocenters. The molecule has 1 saturated heterocycles. The Morgan fingerprint density at radius 1 is 1.60 bits per heavy atom. The summed E-state index contributed by atoms with van der Waals surface area (Å²) in [6.07, 6.45) is 3.68. The number of nitrogens with one attached hydrogen (secondary N) is 1. The summed E-state index contributed by atoms with van der Waals surface area (Å²) in [6.45, 7) is 1.33. The van der Waals surface area contributed by atoms with Crippen molar-refractivity contribution in [2.75, 3.05) is 20.2 Å². The molecule has 6 nitrogen and oxygen atoms in total. The molecule has 0 amide bonds. The van der Waals surface area contributed by atoms with Crippen LogP contribution in [-0.2, 0) is 4.74 Å². The highest BCUT2D eigenvalue weighted by atomic mass is 16.5. The van der Waals surface area contributed by atoms with Crippen LogP contribution in [0.3, 0.4) is 0 Å². The van der Waals surface area contributed by atoms with Gasteiger partial charge in [-0.15, -0.1) is 0 Å². The SMILES string of the molecule is CO[C@@H]1CN(C(=N)N)C[C@@H]1n1cccn1. The fourth-order valence-electron chi connectivity index (χ4n) is 1.92. The van der Waals surface area contributed by atoms with E-state index < -0.39 is 0 Å². The van der Waals surface area contributed by atoms with Crippen molar-refractivity contribution in [1.29, 1.82) is 5.41 Å². The van der Waals surface area contributed by atoms with Crippen LogP contribution in [0.4, 0.5) is 0 Å². The molecule has 2 rings (SSSR count). The second-order valence-corrected chi connectivity index (χ2v) is 3.62. The maximum Gasteiger partial charge on any atom is 0.188 e. The van der Waals surface area contributed by atoms with Crippen LogP contribution in [0.15, 0.2) is 18.5 Å². The monoisotopic (exact) mass is 209 g/mol. The highest BCUT2D eigenvalue weighted by molar-refractivity contribution is 5.75. The van der Waals surface area contributed by atoms with Crippen molar-refractivity contribution in [3.63, 3.8) is 0 Å². The highest BCUT2D eigenvalue weighted by Gasteiger charge is 2.35.